The number of rotatable bonds is 6. The molecule has 1 amide bonds. The van der Waals surface area contributed by atoms with Crippen LogP contribution in [0.1, 0.15) is 25.0 Å². The van der Waals surface area contributed by atoms with Crippen molar-refractivity contribution < 1.29 is 19.4 Å². The molecule has 0 atom stereocenters. The molecule has 1 aromatic rings. The summed E-state index contributed by atoms with van der Waals surface area (Å²) in [4.78, 5) is 27.5. The molecule has 0 saturated carbocycles. The fourth-order valence-electron chi connectivity index (χ4n) is 2.37. The standard InChI is InChI=1S/C15H20N2O4/c18-13(5-4-12-3-1-2-8-16-12)17-11-15(14(19)20)6-9-21-10-7-15/h1-3,8H,4-7,9-11H2,(H,17,18)(H,19,20). The van der Waals surface area contributed by atoms with Crippen LogP contribution in [0.3, 0.4) is 0 Å². The highest BCUT2D eigenvalue weighted by molar-refractivity contribution is 5.79. The van der Waals surface area contributed by atoms with E-state index < -0.39 is 11.4 Å². The fraction of sp³-hybridized carbons (Fsp3) is 0.533. The summed E-state index contributed by atoms with van der Waals surface area (Å²) in [7, 11) is 0. The monoisotopic (exact) mass is 292 g/mol. The van der Waals surface area contributed by atoms with Crippen LogP contribution in [0, 0.1) is 5.41 Å². The van der Waals surface area contributed by atoms with E-state index in [1.54, 1.807) is 6.20 Å². The number of hydrogen-bond acceptors (Lipinski definition) is 4. The second-order valence-corrected chi connectivity index (χ2v) is 5.30. The molecule has 0 aliphatic carbocycles. The number of aryl methyl sites for hydroxylation is 1. The number of pyridine rings is 1. The molecule has 0 aromatic carbocycles. The molecule has 1 saturated heterocycles. The lowest BCUT2D eigenvalue weighted by Crippen LogP contribution is -2.46. The summed E-state index contributed by atoms with van der Waals surface area (Å²) < 4.78 is 5.20. The Hall–Kier alpha value is -1.95. The van der Waals surface area contributed by atoms with Gasteiger partial charge in [0.1, 0.15) is 0 Å². The predicted molar refractivity (Wildman–Crippen MR) is 75.7 cm³/mol. The first kappa shape index (κ1) is 15.4. The van der Waals surface area contributed by atoms with E-state index in [2.05, 4.69) is 10.3 Å². The molecule has 2 rings (SSSR count). The van der Waals surface area contributed by atoms with Crippen LogP contribution >= 0.6 is 0 Å². The highest BCUT2D eigenvalue weighted by Gasteiger charge is 2.40. The highest BCUT2D eigenvalue weighted by atomic mass is 16.5. The van der Waals surface area contributed by atoms with Crippen molar-refractivity contribution in [1.82, 2.24) is 10.3 Å². The third-order valence-electron chi connectivity index (χ3n) is 3.86. The predicted octanol–water partition coefficient (Wildman–Crippen LogP) is 1.01. The van der Waals surface area contributed by atoms with Gasteiger partial charge in [-0.2, -0.15) is 0 Å². The highest BCUT2D eigenvalue weighted by Crippen LogP contribution is 2.30. The Kier molecular flexibility index (Phi) is 5.27. The molecule has 1 fully saturated rings. The first-order valence-corrected chi connectivity index (χ1v) is 7.10. The fourth-order valence-corrected chi connectivity index (χ4v) is 2.37. The molecule has 21 heavy (non-hydrogen) atoms. The van der Waals surface area contributed by atoms with E-state index in [-0.39, 0.29) is 12.5 Å². The Bertz CT molecular complexity index is 484. The van der Waals surface area contributed by atoms with Crippen LogP contribution in [0.15, 0.2) is 24.4 Å². The van der Waals surface area contributed by atoms with Crippen molar-refractivity contribution in [3.05, 3.63) is 30.1 Å². The Morgan fingerprint density at radius 3 is 2.71 bits per heavy atom. The zero-order chi connectivity index (χ0) is 15.1. The molecule has 0 spiro atoms. The minimum absolute atomic E-state index is 0.146. The molecular weight excluding hydrogens is 272 g/mol. The Balaban J connectivity index is 1.80. The number of hydrogen-bond donors (Lipinski definition) is 2. The van der Waals surface area contributed by atoms with Gasteiger partial charge in [0.2, 0.25) is 5.91 Å². The van der Waals surface area contributed by atoms with Crippen molar-refractivity contribution in [2.24, 2.45) is 5.41 Å². The van der Waals surface area contributed by atoms with E-state index in [9.17, 15) is 14.7 Å². The number of nitrogens with one attached hydrogen (secondary N) is 1. The van der Waals surface area contributed by atoms with Gasteiger partial charge in [-0.05, 0) is 31.4 Å². The van der Waals surface area contributed by atoms with Gasteiger partial charge in [-0.3, -0.25) is 14.6 Å². The molecule has 1 aromatic heterocycles. The first-order chi connectivity index (χ1) is 10.1. The number of amides is 1. The van der Waals surface area contributed by atoms with Crippen LogP contribution < -0.4 is 5.32 Å². The van der Waals surface area contributed by atoms with Crippen LogP contribution in [0.4, 0.5) is 0 Å². The second-order valence-electron chi connectivity index (χ2n) is 5.30. The summed E-state index contributed by atoms with van der Waals surface area (Å²) in [5, 5.41) is 12.1. The molecule has 2 heterocycles. The van der Waals surface area contributed by atoms with Gasteiger partial charge >= 0.3 is 5.97 Å². The number of carbonyl (C=O) groups is 2. The zero-order valence-corrected chi connectivity index (χ0v) is 11.9. The number of carboxylic acid groups (broad SMARTS) is 1. The summed E-state index contributed by atoms with van der Waals surface area (Å²) in [6.45, 7) is 1.01. The molecular formula is C15H20N2O4. The van der Waals surface area contributed by atoms with Crippen LogP contribution in [-0.2, 0) is 20.7 Å². The lowest BCUT2D eigenvalue weighted by atomic mass is 9.80. The molecule has 6 heteroatoms. The van der Waals surface area contributed by atoms with Crippen molar-refractivity contribution in [3.63, 3.8) is 0 Å². The van der Waals surface area contributed by atoms with Gasteiger partial charge in [0.15, 0.2) is 0 Å². The molecule has 6 nitrogen and oxygen atoms in total. The van der Waals surface area contributed by atoms with Gasteiger partial charge in [-0.15, -0.1) is 0 Å². The Morgan fingerprint density at radius 2 is 2.10 bits per heavy atom. The third kappa shape index (κ3) is 4.26. The summed E-state index contributed by atoms with van der Waals surface area (Å²) in [6.07, 6.45) is 3.42. The molecule has 2 N–H and O–H groups in total. The van der Waals surface area contributed by atoms with E-state index in [0.717, 1.165) is 5.69 Å². The Labute approximate surface area is 123 Å². The van der Waals surface area contributed by atoms with Gasteiger partial charge in [-0.1, -0.05) is 6.07 Å². The van der Waals surface area contributed by atoms with E-state index in [4.69, 9.17) is 4.74 Å². The minimum Gasteiger partial charge on any atom is -0.481 e. The molecule has 0 bridgehead atoms. The summed E-state index contributed by atoms with van der Waals surface area (Å²) in [6, 6.07) is 5.57. The van der Waals surface area contributed by atoms with Crippen molar-refractivity contribution in [3.8, 4) is 0 Å². The maximum Gasteiger partial charge on any atom is 0.311 e. The van der Waals surface area contributed by atoms with E-state index >= 15 is 0 Å². The van der Waals surface area contributed by atoms with Crippen molar-refractivity contribution >= 4 is 11.9 Å². The third-order valence-corrected chi connectivity index (χ3v) is 3.86. The maximum atomic E-state index is 11.9. The molecule has 1 aliphatic rings. The van der Waals surface area contributed by atoms with E-state index in [1.165, 1.54) is 0 Å². The number of aromatic nitrogens is 1. The quantitative estimate of drug-likeness (QED) is 0.817. The molecule has 114 valence electrons. The summed E-state index contributed by atoms with van der Waals surface area (Å²) in [5.41, 5.74) is -0.0366. The zero-order valence-electron chi connectivity index (χ0n) is 11.9. The molecule has 0 radical (unpaired) electrons. The number of aliphatic carboxylic acids is 1. The van der Waals surface area contributed by atoms with Gasteiger partial charge in [-0.25, -0.2) is 0 Å². The maximum absolute atomic E-state index is 11.9. The van der Waals surface area contributed by atoms with Gasteiger partial charge in [0.25, 0.3) is 0 Å². The second kappa shape index (κ2) is 7.17. The lowest BCUT2D eigenvalue weighted by molar-refractivity contribution is -0.154. The van der Waals surface area contributed by atoms with E-state index in [0.29, 0.717) is 38.9 Å². The topological polar surface area (TPSA) is 88.5 Å². The largest absolute Gasteiger partial charge is 0.481 e. The van der Waals surface area contributed by atoms with Crippen molar-refractivity contribution in [1.29, 1.82) is 0 Å². The first-order valence-electron chi connectivity index (χ1n) is 7.10. The summed E-state index contributed by atoms with van der Waals surface area (Å²) in [5.74, 6) is -1.01. The van der Waals surface area contributed by atoms with Crippen LogP contribution in [0.25, 0.3) is 0 Å². The van der Waals surface area contributed by atoms with Crippen molar-refractivity contribution in [2.45, 2.75) is 25.7 Å². The van der Waals surface area contributed by atoms with Gasteiger partial charge < -0.3 is 15.2 Å². The van der Waals surface area contributed by atoms with Crippen LogP contribution in [0.2, 0.25) is 0 Å². The minimum atomic E-state index is -0.890. The molecule has 0 unspecified atom stereocenters. The number of carboxylic acids is 1. The van der Waals surface area contributed by atoms with E-state index in [1.807, 2.05) is 18.2 Å². The lowest BCUT2D eigenvalue weighted by Gasteiger charge is -2.33. The number of nitrogens with zero attached hydrogens (tertiary/aromatic N) is 1. The Morgan fingerprint density at radius 1 is 1.33 bits per heavy atom. The average molecular weight is 292 g/mol. The van der Waals surface area contributed by atoms with Gasteiger partial charge in [0, 0.05) is 38.1 Å². The smallest absolute Gasteiger partial charge is 0.311 e. The van der Waals surface area contributed by atoms with Crippen LogP contribution in [-0.4, -0.2) is 41.7 Å². The number of ether oxygens (including phenoxy) is 1. The summed E-state index contributed by atoms with van der Waals surface area (Å²) >= 11 is 0. The SMILES string of the molecule is O=C(CCc1ccccn1)NCC1(C(=O)O)CCOCC1. The van der Waals surface area contributed by atoms with Crippen molar-refractivity contribution in [2.75, 3.05) is 19.8 Å². The average Bonchev–Trinajstić information content (AvgIpc) is 2.52. The normalized spacial score (nSPS) is 17.1. The van der Waals surface area contributed by atoms with Crippen LogP contribution in [0.5, 0.6) is 0 Å². The number of carbonyl (C=O) groups excluding carboxylic acids is 1. The molecule has 1 aliphatic heterocycles. The van der Waals surface area contributed by atoms with Gasteiger partial charge in [0.05, 0.1) is 5.41 Å².